The summed E-state index contributed by atoms with van der Waals surface area (Å²) in [7, 11) is 0. The number of aromatic nitrogens is 1. The van der Waals surface area contributed by atoms with Crippen LogP contribution in [0.1, 0.15) is 12.8 Å². The highest BCUT2D eigenvalue weighted by atomic mass is 32.2. The molecule has 0 bridgehead atoms. The minimum atomic E-state index is -0.0370. The lowest BCUT2D eigenvalue weighted by Crippen LogP contribution is -1.88. The molecule has 0 aromatic carbocycles. The van der Waals surface area contributed by atoms with Crippen LogP contribution in [0.5, 0.6) is 0 Å². The second-order valence-electron chi connectivity index (χ2n) is 2.49. The predicted molar refractivity (Wildman–Crippen MR) is 51.9 cm³/mol. The zero-order chi connectivity index (χ0) is 8.65. The molecule has 2 nitrogen and oxygen atoms in total. The fraction of sp³-hybridized carbons (Fsp3) is 0.444. The largest absolute Gasteiger partial charge is 0.382 e. The first-order valence-electron chi connectivity index (χ1n) is 4.04. The van der Waals surface area contributed by atoms with Crippen molar-refractivity contribution in [3.05, 3.63) is 30.6 Å². The molecule has 1 aliphatic rings. The third-order valence-electron chi connectivity index (χ3n) is 1.47. The molecule has 1 atom stereocenters. The van der Waals surface area contributed by atoms with Crippen molar-refractivity contribution in [1.82, 2.24) is 4.98 Å². The summed E-state index contributed by atoms with van der Waals surface area (Å²) < 4.78 is 0. The molecule has 1 aliphatic heterocycles. The van der Waals surface area contributed by atoms with Crippen molar-refractivity contribution in [1.29, 1.82) is 0 Å². The second kappa shape index (κ2) is 6.03. The van der Waals surface area contributed by atoms with Crippen molar-refractivity contribution in [2.45, 2.75) is 18.3 Å². The summed E-state index contributed by atoms with van der Waals surface area (Å²) in [6, 6.07) is 5.72. The molecule has 0 aliphatic carbocycles. The highest BCUT2D eigenvalue weighted by Crippen LogP contribution is 2.22. The lowest BCUT2D eigenvalue weighted by Gasteiger charge is -1.91. The smallest absolute Gasteiger partial charge is 0.0993 e. The maximum absolute atomic E-state index is 8.69. The van der Waals surface area contributed by atoms with E-state index in [0.717, 1.165) is 12.2 Å². The first kappa shape index (κ1) is 9.55. The standard InChI is InChI=1S/C5H5N.C4H8OS/c1-2-4-6-5-3-1;5-4-2-1-3-6-4/h1-5H;4-5H,1-3H2. The second-order valence-corrected chi connectivity index (χ2v) is 3.78. The number of rotatable bonds is 0. The van der Waals surface area contributed by atoms with Crippen LogP contribution in [0.25, 0.3) is 0 Å². The van der Waals surface area contributed by atoms with Gasteiger partial charge < -0.3 is 5.11 Å². The maximum atomic E-state index is 8.69. The van der Waals surface area contributed by atoms with Crippen molar-refractivity contribution >= 4 is 11.8 Å². The van der Waals surface area contributed by atoms with E-state index < -0.39 is 0 Å². The first-order chi connectivity index (χ1) is 5.89. The van der Waals surface area contributed by atoms with Crippen LogP contribution in [0.4, 0.5) is 0 Å². The zero-order valence-corrected chi connectivity index (χ0v) is 7.70. The molecule has 0 amide bonds. The molecule has 2 rings (SSSR count). The Labute approximate surface area is 77.0 Å². The van der Waals surface area contributed by atoms with E-state index >= 15 is 0 Å². The van der Waals surface area contributed by atoms with Gasteiger partial charge in [-0.1, -0.05) is 6.07 Å². The van der Waals surface area contributed by atoms with Crippen molar-refractivity contribution in [2.75, 3.05) is 5.75 Å². The van der Waals surface area contributed by atoms with Crippen LogP contribution in [0.15, 0.2) is 30.6 Å². The van der Waals surface area contributed by atoms with Gasteiger partial charge in [-0.25, -0.2) is 0 Å². The summed E-state index contributed by atoms with van der Waals surface area (Å²) in [4.78, 5) is 3.78. The molecular formula is C9H13NOS. The van der Waals surface area contributed by atoms with E-state index in [0.29, 0.717) is 0 Å². The van der Waals surface area contributed by atoms with Crippen LogP contribution in [0.3, 0.4) is 0 Å². The molecule has 0 spiro atoms. The van der Waals surface area contributed by atoms with E-state index in [-0.39, 0.29) is 5.44 Å². The molecule has 1 N–H and O–H groups in total. The summed E-state index contributed by atoms with van der Waals surface area (Å²) in [6.45, 7) is 0. The Hall–Kier alpha value is -0.540. The molecule has 0 saturated carbocycles. The Kier molecular flexibility index (Phi) is 4.80. The van der Waals surface area contributed by atoms with E-state index in [1.807, 2.05) is 18.2 Å². The maximum Gasteiger partial charge on any atom is 0.0993 e. The zero-order valence-electron chi connectivity index (χ0n) is 6.89. The van der Waals surface area contributed by atoms with Gasteiger partial charge in [0.05, 0.1) is 5.44 Å². The fourth-order valence-corrected chi connectivity index (χ4v) is 1.81. The Morgan fingerprint density at radius 2 is 2.00 bits per heavy atom. The van der Waals surface area contributed by atoms with E-state index in [2.05, 4.69) is 4.98 Å². The third-order valence-corrected chi connectivity index (χ3v) is 2.62. The van der Waals surface area contributed by atoms with Crippen molar-refractivity contribution in [2.24, 2.45) is 0 Å². The van der Waals surface area contributed by atoms with E-state index in [9.17, 15) is 0 Å². The normalized spacial score (nSPS) is 21.2. The number of thioether (sulfide) groups is 1. The van der Waals surface area contributed by atoms with E-state index in [1.54, 1.807) is 24.2 Å². The number of hydrogen-bond donors (Lipinski definition) is 1. The highest BCUT2D eigenvalue weighted by molar-refractivity contribution is 7.99. The average Bonchev–Trinajstić information content (AvgIpc) is 2.60. The monoisotopic (exact) mass is 183 g/mol. The molecule has 12 heavy (non-hydrogen) atoms. The van der Waals surface area contributed by atoms with Gasteiger partial charge in [0.2, 0.25) is 0 Å². The molecule has 1 fully saturated rings. The Bertz CT molecular complexity index is 160. The lowest BCUT2D eigenvalue weighted by molar-refractivity contribution is 0.260. The topological polar surface area (TPSA) is 33.1 Å². The average molecular weight is 183 g/mol. The van der Waals surface area contributed by atoms with Gasteiger partial charge in [-0.05, 0) is 30.7 Å². The summed E-state index contributed by atoms with van der Waals surface area (Å²) in [5, 5.41) is 8.69. The first-order valence-corrected chi connectivity index (χ1v) is 5.09. The molecule has 1 saturated heterocycles. The molecule has 3 heteroatoms. The summed E-state index contributed by atoms with van der Waals surface area (Å²) in [6.07, 6.45) is 5.70. The molecule has 0 radical (unpaired) electrons. The minimum absolute atomic E-state index is 0.0370. The lowest BCUT2D eigenvalue weighted by atomic mass is 10.4. The van der Waals surface area contributed by atoms with Crippen molar-refractivity contribution in [3.8, 4) is 0 Å². The van der Waals surface area contributed by atoms with Crippen LogP contribution in [-0.4, -0.2) is 21.3 Å². The number of aliphatic hydroxyl groups excluding tert-OH is 1. The van der Waals surface area contributed by atoms with Gasteiger partial charge in [0.15, 0.2) is 0 Å². The van der Waals surface area contributed by atoms with Gasteiger partial charge in [-0.15, -0.1) is 11.8 Å². The fourth-order valence-electron chi connectivity index (χ4n) is 0.873. The molecule has 2 heterocycles. The molecule has 1 unspecified atom stereocenters. The SMILES string of the molecule is OC1CCCS1.c1ccncc1. The molecular weight excluding hydrogens is 170 g/mol. The van der Waals surface area contributed by atoms with Gasteiger partial charge in [0, 0.05) is 12.4 Å². The summed E-state index contributed by atoms with van der Waals surface area (Å²) in [5.74, 6) is 1.15. The van der Waals surface area contributed by atoms with Gasteiger partial charge in [0.1, 0.15) is 0 Å². The van der Waals surface area contributed by atoms with Crippen LogP contribution in [0.2, 0.25) is 0 Å². The Morgan fingerprint density at radius 3 is 2.17 bits per heavy atom. The van der Waals surface area contributed by atoms with Gasteiger partial charge in [-0.2, -0.15) is 0 Å². The minimum Gasteiger partial charge on any atom is -0.382 e. The quantitative estimate of drug-likeness (QED) is 0.667. The Balaban J connectivity index is 0.000000120. The van der Waals surface area contributed by atoms with Crippen LogP contribution in [0, 0.1) is 0 Å². The summed E-state index contributed by atoms with van der Waals surface area (Å²) >= 11 is 1.65. The van der Waals surface area contributed by atoms with E-state index in [4.69, 9.17) is 5.11 Å². The predicted octanol–water partition coefficient (Wildman–Crippen LogP) is 1.91. The summed E-state index contributed by atoms with van der Waals surface area (Å²) in [5.41, 5.74) is -0.0370. The molecule has 66 valence electrons. The van der Waals surface area contributed by atoms with Gasteiger partial charge in [-0.3, -0.25) is 4.98 Å². The van der Waals surface area contributed by atoms with Crippen molar-refractivity contribution < 1.29 is 5.11 Å². The van der Waals surface area contributed by atoms with Gasteiger partial charge in [0.25, 0.3) is 0 Å². The molecule has 1 aromatic rings. The number of pyridine rings is 1. The van der Waals surface area contributed by atoms with Gasteiger partial charge >= 0.3 is 0 Å². The number of aliphatic hydroxyl groups is 1. The van der Waals surface area contributed by atoms with Crippen LogP contribution < -0.4 is 0 Å². The highest BCUT2D eigenvalue weighted by Gasteiger charge is 2.09. The van der Waals surface area contributed by atoms with Crippen molar-refractivity contribution in [3.63, 3.8) is 0 Å². The number of hydrogen-bond acceptors (Lipinski definition) is 3. The van der Waals surface area contributed by atoms with E-state index in [1.165, 1.54) is 6.42 Å². The molecule has 1 aromatic heterocycles. The number of nitrogens with zero attached hydrogens (tertiary/aromatic N) is 1. The van der Waals surface area contributed by atoms with Crippen LogP contribution in [-0.2, 0) is 0 Å². The third kappa shape index (κ3) is 4.36. The van der Waals surface area contributed by atoms with Crippen LogP contribution >= 0.6 is 11.8 Å². The Morgan fingerprint density at radius 1 is 1.25 bits per heavy atom.